The number of aromatic hydroxyl groups is 2. The third kappa shape index (κ3) is 2.65. The van der Waals surface area contributed by atoms with Gasteiger partial charge in [0.05, 0.1) is 0 Å². The summed E-state index contributed by atoms with van der Waals surface area (Å²) >= 11 is 0. The van der Waals surface area contributed by atoms with E-state index in [1.807, 2.05) is 39.8 Å². The van der Waals surface area contributed by atoms with Crippen LogP contribution in [0.15, 0.2) is 36.4 Å². The predicted molar refractivity (Wildman–Crippen MR) is 76.0 cm³/mol. The van der Waals surface area contributed by atoms with Crippen LogP contribution in [0.1, 0.15) is 25.0 Å². The molecule has 0 aliphatic heterocycles. The summed E-state index contributed by atoms with van der Waals surface area (Å²) in [7, 11) is 0. The fraction of sp³-hybridized carbons (Fsp3) is 0.250. The highest BCUT2D eigenvalue weighted by Crippen LogP contribution is 2.39. The highest BCUT2D eigenvalue weighted by molar-refractivity contribution is 5.80. The van der Waals surface area contributed by atoms with Crippen molar-refractivity contribution < 1.29 is 10.2 Å². The molecule has 96 valence electrons. The molecule has 2 N–H and O–H groups in total. The number of rotatable bonds is 1. The van der Waals surface area contributed by atoms with Crippen molar-refractivity contribution in [3.05, 3.63) is 47.5 Å². The van der Waals surface area contributed by atoms with Crippen molar-refractivity contribution in [3.63, 3.8) is 0 Å². The van der Waals surface area contributed by atoms with E-state index in [2.05, 4.69) is 0 Å². The topological polar surface area (TPSA) is 40.5 Å². The van der Waals surface area contributed by atoms with Crippen molar-refractivity contribution >= 4 is 0 Å². The van der Waals surface area contributed by atoms with Crippen molar-refractivity contribution in [2.45, 2.75) is 27.7 Å². The number of phenolic OH excluding ortho intramolecular Hbond substituents is 2. The minimum absolute atomic E-state index is 0.199. The normalized spacial score (nSPS) is 9.56. The zero-order valence-electron chi connectivity index (χ0n) is 11.4. The van der Waals surface area contributed by atoms with E-state index in [1.54, 1.807) is 24.3 Å². The van der Waals surface area contributed by atoms with Gasteiger partial charge in [-0.1, -0.05) is 38.1 Å². The van der Waals surface area contributed by atoms with Crippen molar-refractivity contribution in [3.8, 4) is 22.6 Å². The van der Waals surface area contributed by atoms with Crippen LogP contribution in [0.3, 0.4) is 0 Å². The third-order valence-corrected chi connectivity index (χ3v) is 2.75. The summed E-state index contributed by atoms with van der Waals surface area (Å²) in [4.78, 5) is 0. The Labute approximate surface area is 109 Å². The Morgan fingerprint density at radius 1 is 0.667 bits per heavy atom. The highest BCUT2D eigenvalue weighted by Gasteiger charge is 2.13. The van der Waals surface area contributed by atoms with E-state index in [4.69, 9.17) is 0 Å². The van der Waals surface area contributed by atoms with Crippen molar-refractivity contribution in [2.75, 3.05) is 0 Å². The molecule has 0 spiro atoms. The van der Waals surface area contributed by atoms with Crippen LogP contribution in [0.25, 0.3) is 11.1 Å². The SMILES string of the molecule is CC.Cc1cccc(O)c1-c1c(C)cccc1O. The van der Waals surface area contributed by atoms with Gasteiger partial charge in [0.15, 0.2) is 0 Å². The van der Waals surface area contributed by atoms with E-state index in [1.165, 1.54) is 0 Å². The summed E-state index contributed by atoms with van der Waals surface area (Å²) in [6, 6.07) is 10.7. The molecule has 2 rings (SSSR count). The molecule has 0 atom stereocenters. The average molecular weight is 244 g/mol. The molecule has 0 aliphatic rings. The number of aryl methyl sites for hydroxylation is 2. The summed E-state index contributed by atoms with van der Waals surface area (Å²) in [5, 5.41) is 19.8. The van der Waals surface area contributed by atoms with E-state index < -0.39 is 0 Å². The average Bonchev–Trinajstić information content (AvgIpc) is 2.35. The van der Waals surface area contributed by atoms with E-state index >= 15 is 0 Å². The predicted octanol–water partition coefficient (Wildman–Crippen LogP) is 4.41. The van der Waals surface area contributed by atoms with Crippen LogP contribution in [0.4, 0.5) is 0 Å². The molecule has 0 unspecified atom stereocenters. The molecule has 0 saturated heterocycles. The fourth-order valence-electron chi connectivity index (χ4n) is 1.96. The number of benzene rings is 2. The largest absolute Gasteiger partial charge is 0.507 e. The van der Waals surface area contributed by atoms with Crippen molar-refractivity contribution in [1.29, 1.82) is 0 Å². The molecule has 0 amide bonds. The summed E-state index contributed by atoms with van der Waals surface area (Å²) < 4.78 is 0. The maximum Gasteiger partial charge on any atom is 0.123 e. The van der Waals surface area contributed by atoms with Gasteiger partial charge in [-0.25, -0.2) is 0 Å². The van der Waals surface area contributed by atoms with Crippen molar-refractivity contribution in [2.24, 2.45) is 0 Å². The highest BCUT2D eigenvalue weighted by atomic mass is 16.3. The van der Waals surface area contributed by atoms with E-state index in [0.29, 0.717) is 11.1 Å². The lowest BCUT2D eigenvalue weighted by atomic mass is 9.95. The zero-order valence-corrected chi connectivity index (χ0v) is 11.4. The summed E-state index contributed by atoms with van der Waals surface area (Å²) in [5.74, 6) is 0.397. The lowest BCUT2D eigenvalue weighted by Crippen LogP contribution is -1.88. The van der Waals surface area contributed by atoms with Gasteiger partial charge in [-0.15, -0.1) is 0 Å². The van der Waals surface area contributed by atoms with Gasteiger partial charge in [0, 0.05) is 11.1 Å². The zero-order chi connectivity index (χ0) is 13.7. The molecule has 0 aromatic heterocycles. The Morgan fingerprint density at radius 3 is 1.28 bits per heavy atom. The molecule has 0 saturated carbocycles. The van der Waals surface area contributed by atoms with Gasteiger partial charge < -0.3 is 10.2 Å². The maximum atomic E-state index is 9.88. The summed E-state index contributed by atoms with van der Waals surface area (Å²) in [6.07, 6.45) is 0. The number of hydrogen-bond donors (Lipinski definition) is 2. The molecule has 18 heavy (non-hydrogen) atoms. The summed E-state index contributed by atoms with van der Waals surface area (Å²) in [6.45, 7) is 7.84. The molecule has 0 aliphatic carbocycles. The smallest absolute Gasteiger partial charge is 0.123 e. The van der Waals surface area contributed by atoms with E-state index in [0.717, 1.165) is 11.1 Å². The minimum Gasteiger partial charge on any atom is -0.507 e. The van der Waals surface area contributed by atoms with E-state index in [9.17, 15) is 10.2 Å². The lowest BCUT2D eigenvalue weighted by molar-refractivity contribution is 0.468. The molecule has 2 aromatic rings. The molecule has 2 aromatic carbocycles. The van der Waals surface area contributed by atoms with E-state index in [-0.39, 0.29) is 11.5 Å². The Hall–Kier alpha value is -1.96. The molecule has 2 nitrogen and oxygen atoms in total. The quantitative estimate of drug-likeness (QED) is 0.780. The molecule has 0 heterocycles. The first-order valence-electron chi connectivity index (χ1n) is 6.19. The Morgan fingerprint density at radius 2 is 1.00 bits per heavy atom. The van der Waals surface area contributed by atoms with Crippen molar-refractivity contribution in [1.82, 2.24) is 0 Å². The Bertz CT molecular complexity index is 441. The third-order valence-electron chi connectivity index (χ3n) is 2.75. The second kappa shape index (κ2) is 6.10. The van der Waals surface area contributed by atoms with Gasteiger partial charge in [0.25, 0.3) is 0 Å². The first kappa shape index (κ1) is 14.1. The monoisotopic (exact) mass is 244 g/mol. The van der Waals surface area contributed by atoms with Gasteiger partial charge in [-0.3, -0.25) is 0 Å². The summed E-state index contributed by atoms with van der Waals surface area (Å²) in [5.41, 5.74) is 3.31. The van der Waals surface area contributed by atoms with Gasteiger partial charge in [0.2, 0.25) is 0 Å². The first-order chi connectivity index (χ1) is 8.61. The van der Waals surface area contributed by atoms with Gasteiger partial charge in [-0.05, 0) is 37.1 Å². The number of hydrogen-bond acceptors (Lipinski definition) is 2. The van der Waals surface area contributed by atoms with Gasteiger partial charge in [0.1, 0.15) is 11.5 Å². The molecule has 2 heteroatoms. The molecular formula is C16H20O2. The molecule has 0 bridgehead atoms. The van der Waals surface area contributed by atoms with Crippen LogP contribution in [-0.2, 0) is 0 Å². The molecular weight excluding hydrogens is 224 g/mol. The van der Waals surface area contributed by atoms with Crippen LogP contribution >= 0.6 is 0 Å². The molecule has 0 fully saturated rings. The first-order valence-corrected chi connectivity index (χ1v) is 6.19. The second-order valence-electron chi connectivity index (χ2n) is 3.94. The van der Waals surface area contributed by atoms with Crippen LogP contribution < -0.4 is 0 Å². The minimum atomic E-state index is 0.199. The Balaban J connectivity index is 0.000000771. The maximum absolute atomic E-state index is 9.88. The van der Waals surface area contributed by atoms with Crippen LogP contribution in [0.5, 0.6) is 11.5 Å². The van der Waals surface area contributed by atoms with Gasteiger partial charge in [-0.2, -0.15) is 0 Å². The van der Waals surface area contributed by atoms with Gasteiger partial charge >= 0.3 is 0 Å². The van der Waals surface area contributed by atoms with Crippen LogP contribution in [0.2, 0.25) is 0 Å². The number of phenols is 2. The Kier molecular flexibility index (Phi) is 4.78. The standard InChI is InChI=1S/C14H14O2.C2H6/c1-9-5-3-7-11(15)13(9)14-10(2)6-4-8-12(14)16;1-2/h3-8,15-16H,1-2H3;1-2H3. The second-order valence-corrected chi connectivity index (χ2v) is 3.94. The van der Waals surface area contributed by atoms with Crippen LogP contribution in [0, 0.1) is 13.8 Å². The van der Waals surface area contributed by atoms with Crippen LogP contribution in [-0.4, -0.2) is 10.2 Å². The molecule has 0 radical (unpaired) electrons. The lowest BCUT2D eigenvalue weighted by Gasteiger charge is -2.12. The fourth-order valence-corrected chi connectivity index (χ4v) is 1.96.